The molecule has 0 fully saturated rings. The van der Waals surface area contributed by atoms with E-state index in [-0.39, 0.29) is 5.75 Å². The summed E-state index contributed by atoms with van der Waals surface area (Å²) in [6.45, 7) is 1.93. The number of thiazole rings is 1. The second-order valence-corrected chi connectivity index (χ2v) is 8.68. The molecule has 1 atom stereocenters. The highest BCUT2D eigenvalue weighted by atomic mass is 32.2. The average molecular weight is 375 g/mol. The number of nitrogens with zero attached hydrogens (tertiary/aromatic N) is 3. The molecule has 1 unspecified atom stereocenters. The largest absolute Gasteiger partial charge is 0.486 e. The summed E-state index contributed by atoms with van der Waals surface area (Å²) in [5.41, 5.74) is 0.956. The zero-order valence-electron chi connectivity index (χ0n) is 13.6. The highest BCUT2D eigenvalue weighted by Crippen LogP contribution is 2.24. The molecule has 25 heavy (non-hydrogen) atoms. The van der Waals surface area contributed by atoms with Crippen molar-refractivity contribution in [1.82, 2.24) is 15.0 Å². The summed E-state index contributed by atoms with van der Waals surface area (Å²) in [4.78, 5) is 12.4. The third-order valence-corrected chi connectivity index (χ3v) is 6.48. The highest BCUT2D eigenvalue weighted by Gasteiger charge is 2.25. The van der Waals surface area contributed by atoms with Crippen LogP contribution in [-0.4, -0.2) is 23.4 Å². The molecule has 130 valence electrons. The van der Waals surface area contributed by atoms with Crippen molar-refractivity contribution < 1.29 is 13.2 Å². The minimum atomic E-state index is -3.42. The Bertz CT molecular complexity index is 913. The predicted octanol–water partition coefficient (Wildman–Crippen LogP) is 3.19. The van der Waals surface area contributed by atoms with Crippen molar-refractivity contribution in [3.8, 4) is 5.75 Å². The Hall–Kier alpha value is -2.32. The molecule has 0 N–H and O–H groups in total. The quantitative estimate of drug-likeness (QED) is 0.631. The lowest BCUT2D eigenvalue weighted by Crippen LogP contribution is -2.14. The fourth-order valence-corrected chi connectivity index (χ4v) is 4.29. The van der Waals surface area contributed by atoms with E-state index in [4.69, 9.17) is 4.74 Å². The van der Waals surface area contributed by atoms with E-state index in [1.54, 1.807) is 12.3 Å². The van der Waals surface area contributed by atoms with Crippen LogP contribution in [0.1, 0.15) is 28.6 Å². The van der Waals surface area contributed by atoms with E-state index < -0.39 is 15.1 Å². The third-order valence-electron chi connectivity index (χ3n) is 3.59. The fourth-order valence-electron chi connectivity index (χ4n) is 2.18. The maximum Gasteiger partial charge on any atom is 0.164 e. The monoisotopic (exact) mass is 375 g/mol. The molecule has 0 radical (unpaired) electrons. The van der Waals surface area contributed by atoms with E-state index in [1.807, 2.05) is 30.3 Å². The number of hydrogen-bond donors (Lipinski definition) is 0. The predicted molar refractivity (Wildman–Crippen MR) is 96.0 cm³/mol. The van der Waals surface area contributed by atoms with E-state index in [0.717, 1.165) is 10.8 Å². The van der Waals surface area contributed by atoms with Gasteiger partial charge in [-0.3, -0.25) is 9.97 Å². The number of hydrogen-bond acceptors (Lipinski definition) is 7. The van der Waals surface area contributed by atoms with E-state index in [2.05, 4.69) is 15.0 Å². The van der Waals surface area contributed by atoms with Crippen molar-refractivity contribution in [3.63, 3.8) is 0 Å². The lowest BCUT2D eigenvalue weighted by Gasteiger charge is -2.10. The van der Waals surface area contributed by atoms with Crippen LogP contribution in [0, 0.1) is 0 Å². The molecule has 2 heterocycles. The molecule has 0 bridgehead atoms. The van der Waals surface area contributed by atoms with Gasteiger partial charge in [-0.2, -0.15) is 0 Å². The van der Waals surface area contributed by atoms with Crippen LogP contribution in [0.2, 0.25) is 0 Å². The Kier molecular flexibility index (Phi) is 5.40. The molecule has 0 spiro atoms. The Balaban J connectivity index is 1.64. The molecular formula is C17H17N3O3S2. The van der Waals surface area contributed by atoms with Crippen molar-refractivity contribution in [2.45, 2.75) is 24.5 Å². The van der Waals surface area contributed by atoms with Gasteiger partial charge in [0, 0.05) is 24.0 Å². The first-order valence-corrected chi connectivity index (χ1v) is 10.2. The summed E-state index contributed by atoms with van der Waals surface area (Å²) in [5.74, 6) is 0.621. The molecule has 3 aromatic rings. The van der Waals surface area contributed by atoms with Crippen LogP contribution in [0.25, 0.3) is 0 Å². The van der Waals surface area contributed by atoms with E-state index in [1.165, 1.54) is 29.9 Å². The maximum absolute atomic E-state index is 12.6. The topological polar surface area (TPSA) is 82.0 Å². The highest BCUT2D eigenvalue weighted by molar-refractivity contribution is 7.90. The third kappa shape index (κ3) is 4.61. The Morgan fingerprint density at radius 3 is 2.72 bits per heavy atom. The van der Waals surface area contributed by atoms with Crippen molar-refractivity contribution in [1.29, 1.82) is 0 Å². The van der Waals surface area contributed by atoms with Crippen LogP contribution in [0.4, 0.5) is 0 Å². The zero-order chi connectivity index (χ0) is 17.7. The number of sulfone groups is 1. The summed E-state index contributed by atoms with van der Waals surface area (Å²) < 4.78 is 30.7. The van der Waals surface area contributed by atoms with Crippen LogP contribution < -0.4 is 4.74 Å². The van der Waals surface area contributed by atoms with Crippen LogP contribution in [0.5, 0.6) is 5.75 Å². The van der Waals surface area contributed by atoms with Crippen molar-refractivity contribution in [2.24, 2.45) is 0 Å². The minimum Gasteiger partial charge on any atom is -0.486 e. The van der Waals surface area contributed by atoms with Gasteiger partial charge in [0.05, 0.1) is 17.1 Å². The first-order chi connectivity index (χ1) is 12.0. The van der Waals surface area contributed by atoms with Crippen LogP contribution >= 0.6 is 11.3 Å². The summed E-state index contributed by atoms with van der Waals surface area (Å²) >= 11 is 1.39. The maximum atomic E-state index is 12.6. The molecular weight excluding hydrogens is 358 g/mol. The molecule has 0 amide bonds. The molecule has 0 saturated heterocycles. The lowest BCUT2D eigenvalue weighted by atomic mass is 10.3. The van der Waals surface area contributed by atoms with Gasteiger partial charge >= 0.3 is 0 Å². The normalized spacial score (nSPS) is 12.7. The Morgan fingerprint density at radius 2 is 2.00 bits per heavy atom. The molecule has 8 heteroatoms. The van der Waals surface area contributed by atoms with Gasteiger partial charge in [-0.15, -0.1) is 11.3 Å². The van der Waals surface area contributed by atoms with Gasteiger partial charge in [-0.05, 0) is 19.1 Å². The Morgan fingerprint density at radius 1 is 1.20 bits per heavy atom. The van der Waals surface area contributed by atoms with Crippen LogP contribution in [-0.2, 0) is 22.2 Å². The molecule has 0 aliphatic carbocycles. The molecule has 1 aromatic carbocycles. The lowest BCUT2D eigenvalue weighted by molar-refractivity contribution is 0.305. The summed E-state index contributed by atoms with van der Waals surface area (Å²) in [7, 11) is -3.42. The van der Waals surface area contributed by atoms with Gasteiger partial charge in [0.1, 0.15) is 22.6 Å². The smallest absolute Gasteiger partial charge is 0.164 e. The first kappa shape index (κ1) is 17.5. The molecule has 0 saturated carbocycles. The van der Waals surface area contributed by atoms with E-state index >= 15 is 0 Å². The van der Waals surface area contributed by atoms with Crippen LogP contribution in [0.15, 0.2) is 54.3 Å². The van der Waals surface area contributed by atoms with Gasteiger partial charge in [-0.1, -0.05) is 18.2 Å². The number of benzene rings is 1. The van der Waals surface area contributed by atoms with Crippen molar-refractivity contribution in [3.05, 3.63) is 70.7 Å². The van der Waals surface area contributed by atoms with Gasteiger partial charge in [0.2, 0.25) is 0 Å². The summed E-state index contributed by atoms with van der Waals surface area (Å²) in [5, 5.41) is 1.76. The minimum absolute atomic E-state index is 0.132. The molecule has 2 aromatic heterocycles. The Labute approximate surface area is 150 Å². The molecule has 0 aliphatic rings. The van der Waals surface area contributed by atoms with Crippen LogP contribution in [0.3, 0.4) is 0 Å². The van der Waals surface area contributed by atoms with E-state index in [9.17, 15) is 8.42 Å². The molecule has 6 nitrogen and oxygen atoms in total. The molecule has 0 aliphatic heterocycles. The van der Waals surface area contributed by atoms with Crippen molar-refractivity contribution >= 4 is 21.2 Å². The number of ether oxygens (including phenoxy) is 1. The second-order valence-electron chi connectivity index (χ2n) is 5.41. The van der Waals surface area contributed by atoms with Gasteiger partial charge < -0.3 is 4.74 Å². The number of para-hydroxylation sites is 1. The SMILES string of the molecule is CC(c1cnccn1)S(=O)(=O)Cc1csc(COc2ccccc2)n1. The standard InChI is InChI=1S/C17H17N3O3S2/c1-13(16-9-18-7-8-19-16)25(21,22)12-14-11-24-17(20-14)10-23-15-5-3-2-4-6-15/h2-9,11,13H,10,12H2,1H3. The first-order valence-electron chi connectivity index (χ1n) is 7.63. The van der Waals surface area contributed by atoms with Crippen molar-refractivity contribution in [2.75, 3.05) is 0 Å². The fraction of sp³-hybridized carbons (Fsp3) is 0.235. The molecule has 3 rings (SSSR count). The summed E-state index contributed by atoms with van der Waals surface area (Å²) in [6, 6.07) is 9.42. The second kappa shape index (κ2) is 7.71. The van der Waals surface area contributed by atoms with Gasteiger partial charge in [0.15, 0.2) is 9.84 Å². The number of rotatable bonds is 7. The number of aromatic nitrogens is 3. The zero-order valence-corrected chi connectivity index (χ0v) is 15.2. The van der Waals surface area contributed by atoms with E-state index in [0.29, 0.717) is 18.0 Å². The van der Waals surface area contributed by atoms with Gasteiger partial charge in [-0.25, -0.2) is 13.4 Å². The van der Waals surface area contributed by atoms with Gasteiger partial charge in [0.25, 0.3) is 0 Å². The average Bonchev–Trinajstić information content (AvgIpc) is 3.07. The summed E-state index contributed by atoms with van der Waals surface area (Å²) in [6.07, 6.45) is 4.48.